The first-order valence-corrected chi connectivity index (χ1v) is 8.07. The topological polar surface area (TPSA) is 101 Å². The fourth-order valence-electron chi connectivity index (χ4n) is 2.20. The van der Waals surface area contributed by atoms with Gasteiger partial charge in [-0.15, -0.1) is 12.4 Å². The Morgan fingerprint density at radius 3 is 2.76 bits per heavy atom. The molecule has 0 saturated carbocycles. The van der Waals surface area contributed by atoms with Gasteiger partial charge in [-0.1, -0.05) is 13.8 Å². The molecule has 0 aromatic carbocycles. The molecule has 118 valence electrons. The minimum absolute atomic E-state index is 0. The molecule has 2 heterocycles. The summed E-state index contributed by atoms with van der Waals surface area (Å²) in [6.07, 6.45) is 3.78. The van der Waals surface area contributed by atoms with Crippen LogP contribution >= 0.6 is 12.4 Å². The summed E-state index contributed by atoms with van der Waals surface area (Å²) in [5.41, 5.74) is 6.20. The van der Waals surface area contributed by atoms with Crippen LogP contribution in [0.2, 0.25) is 0 Å². The summed E-state index contributed by atoms with van der Waals surface area (Å²) in [6.45, 7) is 4.34. The summed E-state index contributed by atoms with van der Waals surface area (Å²) in [5, 5.41) is 0.584. The number of sulfonamides is 1. The van der Waals surface area contributed by atoms with Crippen LogP contribution in [0.4, 0.5) is 0 Å². The first-order chi connectivity index (χ1) is 9.44. The Morgan fingerprint density at radius 2 is 2.14 bits per heavy atom. The minimum Gasteiger partial charge on any atom is -0.345 e. The first kappa shape index (κ1) is 17.9. The van der Waals surface area contributed by atoms with Crippen LogP contribution in [-0.4, -0.2) is 31.0 Å². The van der Waals surface area contributed by atoms with E-state index in [-0.39, 0.29) is 29.9 Å². The van der Waals surface area contributed by atoms with E-state index >= 15 is 0 Å². The zero-order valence-corrected chi connectivity index (χ0v) is 13.7. The highest BCUT2D eigenvalue weighted by Gasteiger charge is 2.23. The molecule has 2 aromatic rings. The van der Waals surface area contributed by atoms with Gasteiger partial charge < -0.3 is 10.7 Å². The first-order valence-electron chi connectivity index (χ1n) is 6.58. The number of aromatic nitrogens is 2. The zero-order valence-electron chi connectivity index (χ0n) is 12.0. The van der Waals surface area contributed by atoms with Crippen molar-refractivity contribution in [1.82, 2.24) is 14.7 Å². The molecule has 4 N–H and O–H groups in total. The Labute approximate surface area is 131 Å². The van der Waals surface area contributed by atoms with E-state index in [4.69, 9.17) is 5.73 Å². The summed E-state index contributed by atoms with van der Waals surface area (Å²) in [7, 11) is -3.60. The number of hydrogen-bond donors (Lipinski definition) is 3. The van der Waals surface area contributed by atoms with Crippen LogP contribution < -0.4 is 10.5 Å². The van der Waals surface area contributed by atoms with Crippen molar-refractivity contribution in [2.45, 2.75) is 31.2 Å². The van der Waals surface area contributed by atoms with Crippen LogP contribution in [-0.2, 0) is 10.0 Å². The van der Waals surface area contributed by atoms with Crippen molar-refractivity contribution >= 4 is 33.5 Å². The van der Waals surface area contributed by atoms with Gasteiger partial charge in [-0.05, 0) is 24.5 Å². The van der Waals surface area contributed by atoms with Crippen molar-refractivity contribution in [3.63, 3.8) is 0 Å². The normalized spacial score (nSPS) is 13.3. The highest BCUT2D eigenvalue weighted by atomic mass is 35.5. The Hall–Kier alpha value is -1.15. The molecule has 0 aliphatic carbocycles. The number of H-pyrrole nitrogens is 1. The maximum atomic E-state index is 12.4. The van der Waals surface area contributed by atoms with E-state index in [1.165, 1.54) is 6.20 Å². The number of fused-ring (bicyclic) bond motifs is 1. The third-order valence-electron chi connectivity index (χ3n) is 3.06. The average Bonchev–Trinajstić information content (AvgIpc) is 2.81. The van der Waals surface area contributed by atoms with Crippen LogP contribution in [0.1, 0.15) is 20.3 Å². The minimum atomic E-state index is -3.60. The molecule has 0 aliphatic heterocycles. The van der Waals surface area contributed by atoms with Crippen LogP contribution in [0.5, 0.6) is 0 Å². The number of nitrogens with one attached hydrogen (secondary N) is 2. The van der Waals surface area contributed by atoms with Crippen LogP contribution in [0.15, 0.2) is 29.4 Å². The molecule has 6 nitrogen and oxygen atoms in total. The molecule has 0 aliphatic rings. The maximum absolute atomic E-state index is 12.4. The number of pyridine rings is 1. The van der Waals surface area contributed by atoms with Gasteiger partial charge >= 0.3 is 0 Å². The fourth-order valence-corrected chi connectivity index (χ4v) is 3.62. The van der Waals surface area contributed by atoms with Gasteiger partial charge in [-0.3, -0.25) is 0 Å². The predicted molar refractivity (Wildman–Crippen MR) is 86.0 cm³/mol. The molecular weight excluding hydrogens is 312 g/mol. The summed E-state index contributed by atoms with van der Waals surface area (Å²) < 4.78 is 27.6. The predicted octanol–water partition coefficient (Wildman–Crippen LogP) is 1.64. The molecule has 8 heteroatoms. The van der Waals surface area contributed by atoms with E-state index in [0.717, 1.165) is 0 Å². The van der Waals surface area contributed by atoms with Crippen molar-refractivity contribution in [1.29, 1.82) is 0 Å². The van der Waals surface area contributed by atoms with Crippen molar-refractivity contribution in [3.05, 3.63) is 24.5 Å². The Kier molecular flexibility index (Phi) is 6.15. The average molecular weight is 333 g/mol. The van der Waals surface area contributed by atoms with Crippen LogP contribution in [0.3, 0.4) is 0 Å². The van der Waals surface area contributed by atoms with E-state index < -0.39 is 10.0 Å². The van der Waals surface area contributed by atoms with Crippen molar-refractivity contribution in [2.24, 2.45) is 11.7 Å². The quantitative estimate of drug-likeness (QED) is 0.748. The van der Waals surface area contributed by atoms with E-state index in [1.807, 2.05) is 13.8 Å². The number of aromatic amines is 1. The summed E-state index contributed by atoms with van der Waals surface area (Å²) in [5.74, 6) is 0.371. The molecular formula is C13H21ClN4O2S. The molecule has 0 spiro atoms. The standard InChI is InChI=1S/C13H20N4O2S.ClH/c1-9(2)6-10(7-14)17-20(18,19)12-8-16-13-11(12)4-3-5-15-13;/h3-5,8-10,17H,6-7,14H2,1-2H3,(H,15,16);1H. The molecule has 0 amide bonds. The largest absolute Gasteiger partial charge is 0.345 e. The van der Waals surface area contributed by atoms with Gasteiger partial charge in [0, 0.05) is 30.4 Å². The smallest absolute Gasteiger partial charge is 0.243 e. The monoisotopic (exact) mass is 332 g/mol. The van der Waals surface area contributed by atoms with Crippen LogP contribution in [0.25, 0.3) is 11.0 Å². The molecule has 0 bridgehead atoms. The van der Waals surface area contributed by atoms with Gasteiger partial charge in [0.25, 0.3) is 0 Å². The highest BCUT2D eigenvalue weighted by molar-refractivity contribution is 7.89. The number of nitrogens with two attached hydrogens (primary N) is 1. The Morgan fingerprint density at radius 1 is 1.43 bits per heavy atom. The summed E-state index contributed by atoms with van der Waals surface area (Å²) >= 11 is 0. The molecule has 1 atom stereocenters. The molecule has 21 heavy (non-hydrogen) atoms. The highest BCUT2D eigenvalue weighted by Crippen LogP contribution is 2.21. The lowest BCUT2D eigenvalue weighted by Crippen LogP contribution is -2.40. The molecule has 2 aromatic heterocycles. The second-order valence-corrected chi connectivity index (χ2v) is 6.92. The number of nitrogens with zero attached hydrogens (tertiary/aromatic N) is 1. The SMILES string of the molecule is CC(C)CC(CN)NS(=O)(=O)c1c[nH]c2ncccc12.Cl. The lowest BCUT2D eigenvalue weighted by Gasteiger charge is -2.18. The van der Waals surface area contributed by atoms with Gasteiger partial charge in [0.1, 0.15) is 10.5 Å². The van der Waals surface area contributed by atoms with Gasteiger partial charge in [0.15, 0.2) is 0 Å². The second-order valence-electron chi connectivity index (χ2n) is 5.24. The van der Waals surface area contributed by atoms with Crippen molar-refractivity contribution in [2.75, 3.05) is 6.54 Å². The third kappa shape index (κ3) is 4.16. The van der Waals surface area contributed by atoms with E-state index in [9.17, 15) is 8.42 Å². The fraction of sp³-hybridized carbons (Fsp3) is 0.462. The molecule has 0 saturated heterocycles. The number of hydrogen-bond acceptors (Lipinski definition) is 4. The van der Waals surface area contributed by atoms with Gasteiger partial charge in [-0.25, -0.2) is 18.1 Å². The Balaban J connectivity index is 0.00000220. The lowest BCUT2D eigenvalue weighted by atomic mass is 10.1. The Bertz CT molecular complexity index is 684. The van der Waals surface area contributed by atoms with Gasteiger partial charge in [-0.2, -0.15) is 0 Å². The van der Waals surface area contributed by atoms with Crippen molar-refractivity contribution < 1.29 is 8.42 Å². The van der Waals surface area contributed by atoms with Crippen LogP contribution in [0, 0.1) is 5.92 Å². The number of rotatable bonds is 6. The second kappa shape index (κ2) is 7.22. The van der Waals surface area contributed by atoms with Crippen molar-refractivity contribution in [3.8, 4) is 0 Å². The maximum Gasteiger partial charge on any atom is 0.243 e. The third-order valence-corrected chi connectivity index (χ3v) is 4.63. The lowest BCUT2D eigenvalue weighted by molar-refractivity contribution is 0.465. The molecule has 0 fully saturated rings. The van der Waals surface area contributed by atoms with Gasteiger partial charge in [0.2, 0.25) is 10.0 Å². The molecule has 0 radical (unpaired) electrons. The van der Waals surface area contributed by atoms with E-state index in [0.29, 0.717) is 23.4 Å². The van der Waals surface area contributed by atoms with E-state index in [2.05, 4.69) is 14.7 Å². The van der Waals surface area contributed by atoms with Gasteiger partial charge in [0.05, 0.1) is 0 Å². The molecule has 2 rings (SSSR count). The van der Waals surface area contributed by atoms with E-state index in [1.54, 1.807) is 18.3 Å². The summed E-state index contributed by atoms with van der Waals surface area (Å²) in [4.78, 5) is 7.17. The molecule has 1 unspecified atom stereocenters. The number of halogens is 1. The zero-order chi connectivity index (χ0) is 14.8. The summed E-state index contributed by atoms with van der Waals surface area (Å²) in [6, 6.07) is 3.18.